The van der Waals surface area contributed by atoms with E-state index >= 15 is 0 Å². The molecule has 2 rings (SSSR count). The highest BCUT2D eigenvalue weighted by atomic mass is 16.2. The van der Waals surface area contributed by atoms with Crippen LogP contribution >= 0.6 is 0 Å². The fourth-order valence-electron chi connectivity index (χ4n) is 2.13. The number of rotatable bonds is 5. The second-order valence-electron chi connectivity index (χ2n) is 4.98. The number of hydrogen-bond donors (Lipinski definition) is 2. The van der Waals surface area contributed by atoms with Gasteiger partial charge in [0.25, 0.3) is 5.56 Å². The molecule has 0 aliphatic carbocycles. The lowest BCUT2D eigenvalue weighted by molar-refractivity contribution is -0.121. The van der Waals surface area contributed by atoms with E-state index in [0.29, 0.717) is 18.7 Å². The summed E-state index contributed by atoms with van der Waals surface area (Å²) >= 11 is 0. The molecule has 0 unspecified atom stereocenters. The average molecular weight is 289 g/mol. The van der Waals surface area contributed by atoms with Crippen molar-refractivity contribution in [2.24, 2.45) is 0 Å². The number of aromatic amines is 1. The minimum absolute atomic E-state index is 0.0656. The van der Waals surface area contributed by atoms with Gasteiger partial charge in [-0.1, -0.05) is 0 Å². The van der Waals surface area contributed by atoms with Crippen molar-refractivity contribution in [1.82, 2.24) is 25.3 Å². The van der Waals surface area contributed by atoms with Gasteiger partial charge in [0.15, 0.2) is 0 Å². The Kier molecular flexibility index (Phi) is 4.52. The summed E-state index contributed by atoms with van der Waals surface area (Å²) in [5.41, 5.74) is 3.49. The highest BCUT2D eigenvalue weighted by molar-refractivity contribution is 5.75. The van der Waals surface area contributed by atoms with E-state index in [1.54, 1.807) is 13.0 Å². The first-order valence-electron chi connectivity index (χ1n) is 6.79. The lowest BCUT2D eigenvalue weighted by Crippen LogP contribution is -2.34. The predicted octanol–water partition coefficient (Wildman–Crippen LogP) is 0.251. The molecule has 7 nitrogen and oxygen atoms in total. The van der Waals surface area contributed by atoms with Crippen molar-refractivity contribution in [2.45, 2.75) is 33.7 Å². The van der Waals surface area contributed by atoms with E-state index in [0.717, 1.165) is 17.0 Å². The van der Waals surface area contributed by atoms with Crippen molar-refractivity contribution < 1.29 is 4.79 Å². The van der Waals surface area contributed by atoms with Crippen LogP contribution in [0, 0.1) is 20.8 Å². The monoisotopic (exact) mass is 289 g/mol. The summed E-state index contributed by atoms with van der Waals surface area (Å²) in [5, 5.41) is 13.8. The Morgan fingerprint density at radius 1 is 1.33 bits per heavy atom. The van der Waals surface area contributed by atoms with Gasteiger partial charge in [-0.25, -0.2) is 4.68 Å². The SMILES string of the molecule is Cc1ccc(=O)n(CC(=O)NCCc2c(C)n[nH]c2C)n1. The minimum Gasteiger partial charge on any atom is -0.354 e. The lowest BCUT2D eigenvalue weighted by atomic mass is 10.1. The standard InChI is InChI=1S/C14H19N5O2/c1-9-4-5-14(21)19(18-9)8-13(20)15-7-6-12-10(2)16-17-11(12)3/h4-5H,6-8H2,1-3H3,(H,15,20)(H,16,17). The third-order valence-electron chi connectivity index (χ3n) is 3.27. The zero-order chi connectivity index (χ0) is 15.4. The Hall–Kier alpha value is -2.44. The molecule has 2 heterocycles. The Morgan fingerprint density at radius 2 is 2.10 bits per heavy atom. The normalized spacial score (nSPS) is 10.6. The quantitative estimate of drug-likeness (QED) is 0.825. The van der Waals surface area contributed by atoms with Gasteiger partial charge >= 0.3 is 0 Å². The van der Waals surface area contributed by atoms with Crippen LogP contribution in [0.1, 0.15) is 22.6 Å². The minimum atomic E-state index is -0.280. The number of carbonyl (C=O) groups is 1. The fourth-order valence-corrected chi connectivity index (χ4v) is 2.13. The van der Waals surface area contributed by atoms with Gasteiger partial charge in [0.1, 0.15) is 6.54 Å². The largest absolute Gasteiger partial charge is 0.354 e. The number of carbonyl (C=O) groups excluding carboxylic acids is 1. The van der Waals surface area contributed by atoms with Crippen LogP contribution in [0.5, 0.6) is 0 Å². The predicted molar refractivity (Wildman–Crippen MR) is 78.0 cm³/mol. The molecule has 0 aromatic carbocycles. The maximum absolute atomic E-state index is 11.8. The number of hydrogen-bond acceptors (Lipinski definition) is 4. The van der Waals surface area contributed by atoms with E-state index in [4.69, 9.17) is 0 Å². The van der Waals surface area contributed by atoms with Crippen LogP contribution in [-0.2, 0) is 17.8 Å². The Bertz CT molecular complexity index is 682. The summed E-state index contributed by atoms with van der Waals surface area (Å²) in [6.07, 6.45) is 0.704. The van der Waals surface area contributed by atoms with Crippen molar-refractivity contribution in [3.05, 3.63) is 45.1 Å². The fraction of sp³-hybridized carbons (Fsp3) is 0.429. The van der Waals surface area contributed by atoms with Gasteiger partial charge in [-0.2, -0.15) is 10.2 Å². The van der Waals surface area contributed by atoms with Gasteiger partial charge in [0, 0.05) is 18.3 Å². The summed E-state index contributed by atoms with van der Waals surface area (Å²) in [7, 11) is 0. The lowest BCUT2D eigenvalue weighted by Gasteiger charge is -2.07. The Balaban J connectivity index is 1.88. The topological polar surface area (TPSA) is 92.7 Å². The Labute approximate surface area is 122 Å². The number of aromatic nitrogens is 4. The number of aryl methyl sites for hydroxylation is 3. The smallest absolute Gasteiger partial charge is 0.267 e. The first-order valence-corrected chi connectivity index (χ1v) is 6.79. The molecule has 2 aromatic heterocycles. The van der Waals surface area contributed by atoms with E-state index in [2.05, 4.69) is 20.6 Å². The summed E-state index contributed by atoms with van der Waals surface area (Å²) in [4.78, 5) is 23.4. The number of amides is 1. The molecule has 2 N–H and O–H groups in total. The first kappa shape index (κ1) is 15.0. The first-order chi connectivity index (χ1) is 9.97. The third kappa shape index (κ3) is 3.77. The highest BCUT2D eigenvalue weighted by Crippen LogP contribution is 2.08. The molecular formula is C14H19N5O2. The summed E-state index contributed by atoms with van der Waals surface area (Å²) in [6, 6.07) is 3.04. The molecule has 0 fully saturated rings. The second kappa shape index (κ2) is 6.34. The molecule has 2 aromatic rings. The second-order valence-corrected chi connectivity index (χ2v) is 4.98. The van der Waals surface area contributed by atoms with Crippen LogP contribution in [-0.4, -0.2) is 32.4 Å². The van der Waals surface area contributed by atoms with E-state index in [-0.39, 0.29) is 18.0 Å². The number of H-pyrrole nitrogens is 1. The Morgan fingerprint density at radius 3 is 2.76 bits per heavy atom. The van der Waals surface area contributed by atoms with Crippen molar-refractivity contribution in [1.29, 1.82) is 0 Å². The zero-order valence-electron chi connectivity index (χ0n) is 12.4. The van der Waals surface area contributed by atoms with Crippen molar-refractivity contribution in [2.75, 3.05) is 6.54 Å². The molecule has 0 bridgehead atoms. The molecular weight excluding hydrogens is 270 g/mol. The maximum Gasteiger partial charge on any atom is 0.267 e. The molecule has 21 heavy (non-hydrogen) atoms. The average Bonchev–Trinajstić information content (AvgIpc) is 2.74. The molecule has 0 aliphatic heterocycles. The van der Waals surface area contributed by atoms with Crippen LogP contribution in [0.2, 0.25) is 0 Å². The van der Waals surface area contributed by atoms with Crippen LogP contribution in [0.3, 0.4) is 0 Å². The molecule has 7 heteroatoms. The van der Waals surface area contributed by atoms with E-state index < -0.39 is 0 Å². The van der Waals surface area contributed by atoms with Gasteiger partial charge < -0.3 is 5.32 Å². The molecule has 0 atom stereocenters. The van der Waals surface area contributed by atoms with Crippen LogP contribution < -0.4 is 10.9 Å². The van der Waals surface area contributed by atoms with Gasteiger partial charge in [0.05, 0.1) is 11.4 Å². The molecule has 0 spiro atoms. The third-order valence-corrected chi connectivity index (χ3v) is 3.27. The van der Waals surface area contributed by atoms with Crippen LogP contribution in [0.25, 0.3) is 0 Å². The zero-order valence-corrected chi connectivity index (χ0v) is 12.4. The van der Waals surface area contributed by atoms with Crippen LogP contribution in [0.15, 0.2) is 16.9 Å². The molecule has 1 amide bonds. The number of nitrogens with one attached hydrogen (secondary N) is 2. The molecule has 112 valence electrons. The van der Waals surface area contributed by atoms with Crippen molar-refractivity contribution >= 4 is 5.91 Å². The van der Waals surface area contributed by atoms with E-state index in [9.17, 15) is 9.59 Å². The summed E-state index contributed by atoms with van der Waals surface area (Å²) in [5.74, 6) is -0.228. The van der Waals surface area contributed by atoms with Gasteiger partial charge in [-0.05, 0) is 38.8 Å². The maximum atomic E-state index is 11.8. The highest BCUT2D eigenvalue weighted by Gasteiger charge is 2.08. The molecule has 0 aliphatic rings. The van der Waals surface area contributed by atoms with Crippen molar-refractivity contribution in [3.63, 3.8) is 0 Å². The summed E-state index contributed by atoms with van der Waals surface area (Å²) in [6.45, 7) is 6.09. The van der Waals surface area contributed by atoms with Gasteiger partial charge in [0.2, 0.25) is 5.91 Å². The van der Waals surface area contributed by atoms with Crippen molar-refractivity contribution in [3.8, 4) is 0 Å². The van der Waals surface area contributed by atoms with E-state index in [1.807, 2.05) is 13.8 Å². The molecule has 0 saturated carbocycles. The molecule has 0 radical (unpaired) electrons. The van der Waals surface area contributed by atoms with Gasteiger partial charge in [-0.15, -0.1) is 0 Å². The number of nitrogens with zero attached hydrogens (tertiary/aromatic N) is 3. The van der Waals surface area contributed by atoms with Gasteiger partial charge in [-0.3, -0.25) is 14.7 Å². The van der Waals surface area contributed by atoms with Crippen LogP contribution in [0.4, 0.5) is 0 Å². The summed E-state index contributed by atoms with van der Waals surface area (Å²) < 4.78 is 1.17. The molecule has 0 saturated heterocycles. The van der Waals surface area contributed by atoms with E-state index in [1.165, 1.54) is 10.7 Å².